The zero-order valence-electron chi connectivity index (χ0n) is 11.4. The third-order valence-electron chi connectivity index (χ3n) is 4.52. The Morgan fingerprint density at radius 2 is 1.85 bits per heavy atom. The molecule has 3 nitrogen and oxygen atoms in total. The van der Waals surface area contributed by atoms with Gasteiger partial charge in [0, 0.05) is 35.6 Å². The van der Waals surface area contributed by atoms with Crippen molar-refractivity contribution in [2.45, 2.75) is 32.2 Å². The summed E-state index contributed by atoms with van der Waals surface area (Å²) in [6.45, 7) is 2.98. The van der Waals surface area contributed by atoms with Gasteiger partial charge in [-0.3, -0.25) is 9.36 Å². The van der Waals surface area contributed by atoms with E-state index in [1.54, 1.807) is 0 Å². The van der Waals surface area contributed by atoms with Crippen LogP contribution in [0.3, 0.4) is 0 Å². The van der Waals surface area contributed by atoms with Crippen LogP contribution in [0.1, 0.15) is 24.8 Å². The van der Waals surface area contributed by atoms with Crippen LogP contribution in [0.2, 0.25) is 5.02 Å². The van der Waals surface area contributed by atoms with Crippen molar-refractivity contribution >= 4 is 28.2 Å². The van der Waals surface area contributed by atoms with Crippen LogP contribution >= 0.6 is 11.6 Å². The van der Waals surface area contributed by atoms with Crippen LogP contribution in [-0.4, -0.2) is 17.7 Å². The maximum atomic E-state index is 12.8. The monoisotopic (exact) mass is 288 g/mol. The molecule has 1 aromatic heterocycles. The van der Waals surface area contributed by atoms with Crippen molar-refractivity contribution in [3.05, 3.63) is 39.1 Å². The summed E-state index contributed by atoms with van der Waals surface area (Å²) in [6, 6.07) is 5.75. The first-order chi connectivity index (χ1) is 9.75. The molecule has 4 rings (SSSR count). The number of halogens is 1. The van der Waals surface area contributed by atoms with Crippen LogP contribution in [-0.2, 0) is 13.0 Å². The lowest BCUT2D eigenvalue weighted by Crippen LogP contribution is -2.38. The first kappa shape index (κ1) is 12.3. The van der Waals surface area contributed by atoms with Crippen molar-refractivity contribution < 1.29 is 0 Å². The maximum Gasteiger partial charge on any atom is 0.260 e. The first-order valence-corrected chi connectivity index (χ1v) is 7.73. The average molecular weight is 289 g/mol. The molecule has 0 unspecified atom stereocenters. The lowest BCUT2D eigenvalue weighted by molar-refractivity contribution is 0.547. The second kappa shape index (κ2) is 4.52. The zero-order valence-corrected chi connectivity index (χ0v) is 12.1. The summed E-state index contributed by atoms with van der Waals surface area (Å²) >= 11 is 6.09. The molecule has 2 aliphatic rings. The molecular formula is C16H17ClN2O. The summed E-state index contributed by atoms with van der Waals surface area (Å²) in [5.74, 6) is 1.17. The highest BCUT2D eigenvalue weighted by molar-refractivity contribution is 6.31. The SMILES string of the molecule is O=c1c2cc(Cl)ccc2c2c3n1CCCN3CCCC2. The average Bonchev–Trinajstić information content (AvgIpc) is 2.68. The number of aromatic nitrogens is 1. The number of hydrogen-bond donors (Lipinski definition) is 0. The minimum Gasteiger partial charge on any atom is -0.358 e. The van der Waals surface area contributed by atoms with Crippen molar-refractivity contribution in [3.63, 3.8) is 0 Å². The largest absolute Gasteiger partial charge is 0.358 e. The Balaban J connectivity index is 2.14. The fourth-order valence-electron chi connectivity index (χ4n) is 3.64. The minimum atomic E-state index is 0.118. The quantitative estimate of drug-likeness (QED) is 0.744. The fraction of sp³-hybridized carbons (Fsp3) is 0.438. The molecule has 0 amide bonds. The van der Waals surface area contributed by atoms with Gasteiger partial charge in [-0.1, -0.05) is 17.7 Å². The lowest BCUT2D eigenvalue weighted by atomic mass is 10.0. The molecule has 2 aliphatic heterocycles. The van der Waals surface area contributed by atoms with E-state index in [1.807, 2.05) is 22.8 Å². The van der Waals surface area contributed by atoms with Crippen molar-refractivity contribution in [2.24, 2.45) is 0 Å². The zero-order chi connectivity index (χ0) is 13.7. The van der Waals surface area contributed by atoms with E-state index >= 15 is 0 Å². The summed E-state index contributed by atoms with van der Waals surface area (Å²) in [7, 11) is 0. The number of fused-ring (bicyclic) bond motifs is 2. The van der Waals surface area contributed by atoms with Crippen molar-refractivity contribution in [1.82, 2.24) is 4.57 Å². The highest BCUT2D eigenvalue weighted by Crippen LogP contribution is 2.34. The van der Waals surface area contributed by atoms with E-state index in [2.05, 4.69) is 4.90 Å². The Morgan fingerprint density at radius 1 is 1.00 bits per heavy atom. The van der Waals surface area contributed by atoms with E-state index in [4.69, 9.17) is 11.6 Å². The Bertz CT molecular complexity index is 750. The predicted octanol–water partition coefficient (Wildman–Crippen LogP) is 3.20. The van der Waals surface area contributed by atoms with E-state index in [0.29, 0.717) is 5.02 Å². The molecular weight excluding hydrogens is 272 g/mol. The Kier molecular flexibility index (Phi) is 2.77. The molecule has 20 heavy (non-hydrogen) atoms. The molecule has 0 radical (unpaired) electrons. The number of rotatable bonds is 0. The van der Waals surface area contributed by atoms with Gasteiger partial charge in [-0.2, -0.15) is 0 Å². The number of pyridine rings is 1. The van der Waals surface area contributed by atoms with Crippen LogP contribution in [0.4, 0.5) is 5.82 Å². The summed E-state index contributed by atoms with van der Waals surface area (Å²) in [4.78, 5) is 15.2. The minimum absolute atomic E-state index is 0.118. The number of aryl methyl sites for hydroxylation is 1. The van der Waals surface area contributed by atoms with Crippen molar-refractivity contribution in [1.29, 1.82) is 0 Å². The fourth-order valence-corrected chi connectivity index (χ4v) is 3.82. The second-order valence-corrected chi connectivity index (χ2v) is 6.18. The second-order valence-electron chi connectivity index (χ2n) is 5.75. The summed E-state index contributed by atoms with van der Waals surface area (Å²) < 4.78 is 1.98. The number of anilines is 1. The van der Waals surface area contributed by atoms with Gasteiger partial charge >= 0.3 is 0 Å². The topological polar surface area (TPSA) is 25.2 Å². The molecule has 0 saturated carbocycles. The molecule has 0 aliphatic carbocycles. The van der Waals surface area contributed by atoms with Crippen LogP contribution in [0.5, 0.6) is 0 Å². The highest BCUT2D eigenvalue weighted by atomic mass is 35.5. The first-order valence-electron chi connectivity index (χ1n) is 7.35. The lowest BCUT2D eigenvalue weighted by Gasteiger charge is -2.33. The Morgan fingerprint density at radius 3 is 2.75 bits per heavy atom. The van der Waals surface area contributed by atoms with Gasteiger partial charge in [0.1, 0.15) is 5.82 Å². The molecule has 0 bridgehead atoms. The maximum absolute atomic E-state index is 12.8. The molecule has 4 heteroatoms. The number of hydrogen-bond acceptors (Lipinski definition) is 2. The predicted molar refractivity (Wildman–Crippen MR) is 83.0 cm³/mol. The van der Waals surface area contributed by atoms with Crippen molar-refractivity contribution in [2.75, 3.05) is 18.0 Å². The van der Waals surface area contributed by atoms with Crippen LogP contribution in [0.25, 0.3) is 10.8 Å². The van der Waals surface area contributed by atoms with Crippen LogP contribution < -0.4 is 10.5 Å². The number of benzene rings is 1. The Hall–Kier alpha value is -1.48. The standard InChI is InChI=1S/C16H17ClN2O/c17-11-5-6-12-13-4-1-2-7-18-8-3-9-19(15(13)18)16(20)14(12)10-11/h5-6,10H,1-4,7-9H2. The molecule has 0 saturated heterocycles. The third kappa shape index (κ3) is 1.69. The van der Waals surface area contributed by atoms with Crippen LogP contribution in [0, 0.1) is 0 Å². The normalized spacial score (nSPS) is 17.9. The molecule has 0 N–H and O–H groups in total. The van der Waals surface area contributed by atoms with Gasteiger partial charge in [0.05, 0.1) is 0 Å². The summed E-state index contributed by atoms with van der Waals surface area (Å²) in [5.41, 5.74) is 1.46. The van der Waals surface area contributed by atoms with Crippen LogP contribution in [0.15, 0.2) is 23.0 Å². The molecule has 3 heterocycles. The van der Waals surface area contributed by atoms with Gasteiger partial charge in [0.15, 0.2) is 0 Å². The van der Waals surface area contributed by atoms with Gasteiger partial charge in [-0.15, -0.1) is 0 Å². The summed E-state index contributed by atoms with van der Waals surface area (Å²) in [5, 5.41) is 2.52. The number of nitrogens with zero attached hydrogens (tertiary/aromatic N) is 2. The van der Waals surface area contributed by atoms with Gasteiger partial charge in [-0.05, 0) is 43.2 Å². The molecule has 1 aromatic carbocycles. The smallest absolute Gasteiger partial charge is 0.260 e. The van der Waals surface area contributed by atoms with Gasteiger partial charge in [0.25, 0.3) is 5.56 Å². The van der Waals surface area contributed by atoms with E-state index in [0.717, 1.165) is 43.2 Å². The molecule has 0 atom stereocenters. The van der Waals surface area contributed by atoms with Gasteiger partial charge < -0.3 is 4.90 Å². The van der Waals surface area contributed by atoms with E-state index < -0.39 is 0 Å². The molecule has 0 spiro atoms. The van der Waals surface area contributed by atoms with E-state index in [9.17, 15) is 4.79 Å². The van der Waals surface area contributed by atoms with E-state index in [1.165, 1.54) is 24.2 Å². The summed E-state index contributed by atoms with van der Waals surface area (Å²) in [6.07, 6.45) is 4.51. The molecule has 104 valence electrons. The molecule has 2 aromatic rings. The highest BCUT2D eigenvalue weighted by Gasteiger charge is 2.25. The van der Waals surface area contributed by atoms with Crippen molar-refractivity contribution in [3.8, 4) is 0 Å². The van der Waals surface area contributed by atoms with Gasteiger partial charge in [-0.25, -0.2) is 0 Å². The van der Waals surface area contributed by atoms with E-state index in [-0.39, 0.29) is 5.56 Å². The van der Waals surface area contributed by atoms with Gasteiger partial charge in [0.2, 0.25) is 0 Å². The molecule has 0 fully saturated rings. The third-order valence-corrected chi connectivity index (χ3v) is 4.76. The Labute approximate surface area is 122 Å².